The summed E-state index contributed by atoms with van der Waals surface area (Å²) in [4.78, 5) is 12.1. The van der Waals surface area contributed by atoms with Gasteiger partial charge in [0.05, 0.1) is 0 Å². The number of Topliss-reactive ketones (excluding diaryl/α,β-unsaturated/α-hetero) is 1. The van der Waals surface area contributed by atoms with Crippen molar-refractivity contribution < 1.29 is 9.42 Å². The SMILES string of the molecule is O=C(c1ccc2nonc2c1)C1CCNC1. The number of fused-ring (bicyclic) bond motifs is 1. The van der Waals surface area contributed by atoms with Gasteiger partial charge in [0.2, 0.25) is 0 Å². The Morgan fingerprint density at radius 2 is 2.25 bits per heavy atom. The Balaban J connectivity index is 1.95. The lowest BCUT2D eigenvalue weighted by molar-refractivity contribution is 0.0930. The van der Waals surface area contributed by atoms with Crippen LogP contribution in [0, 0.1) is 5.92 Å². The Bertz CT molecular complexity index is 529. The van der Waals surface area contributed by atoms with Crippen molar-refractivity contribution in [3.63, 3.8) is 0 Å². The summed E-state index contributed by atoms with van der Waals surface area (Å²) < 4.78 is 4.60. The molecule has 16 heavy (non-hydrogen) atoms. The van der Waals surface area contributed by atoms with Crippen LogP contribution in [0.3, 0.4) is 0 Å². The number of carbonyl (C=O) groups is 1. The lowest BCUT2D eigenvalue weighted by Gasteiger charge is -2.06. The van der Waals surface area contributed by atoms with Crippen LogP contribution in [0.15, 0.2) is 22.8 Å². The van der Waals surface area contributed by atoms with E-state index in [4.69, 9.17) is 0 Å². The molecule has 5 heteroatoms. The van der Waals surface area contributed by atoms with Crippen molar-refractivity contribution in [2.24, 2.45) is 5.92 Å². The fourth-order valence-corrected chi connectivity index (χ4v) is 2.05. The molecular formula is C11H11N3O2. The number of aromatic nitrogens is 2. The van der Waals surface area contributed by atoms with Crippen LogP contribution in [0.4, 0.5) is 0 Å². The third-order valence-corrected chi connectivity index (χ3v) is 2.97. The largest absolute Gasteiger partial charge is 0.316 e. The Morgan fingerprint density at radius 1 is 1.38 bits per heavy atom. The smallest absolute Gasteiger partial charge is 0.167 e. The highest BCUT2D eigenvalue weighted by molar-refractivity contribution is 6.00. The van der Waals surface area contributed by atoms with Crippen molar-refractivity contribution >= 4 is 16.8 Å². The number of carbonyl (C=O) groups excluding carboxylic acids is 1. The second-order valence-corrected chi connectivity index (χ2v) is 4.02. The quantitative estimate of drug-likeness (QED) is 0.760. The van der Waals surface area contributed by atoms with Gasteiger partial charge in [0, 0.05) is 18.0 Å². The molecule has 0 aliphatic carbocycles. The minimum Gasteiger partial charge on any atom is -0.316 e. The van der Waals surface area contributed by atoms with Crippen LogP contribution in [0.2, 0.25) is 0 Å². The first-order valence-electron chi connectivity index (χ1n) is 5.32. The van der Waals surface area contributed by atoms with E-state index in [0.717, 1.165) is 19.5 Å². The van der Waals surface area contributed by atoms with Crippen molar-refractivity contribution in [1.29, 1.82) is 0 Å². The number of benzene rings is 1. The molecule has 1 aliphatic rings. The normalized spacial score (nSPS) is 20.4. The Kier molecular flexibility index (Phi) is 2.18. The van der Waals surface area contributed by atoms with Crippen LogP contribution in [0.1, 0.15) is 16.8 Å². The van der Waals surface area contributed by atoms with E-state index in [0.29, 0.717) is 16.6 Å². The highest BCUT2D eigenvalue weighted by atomic mass is 16.6. The monoisotopic (exact) mass is 217 g/mol. The fraction of sp³-hybridized carbons (Fsp3) is 0.364. The van der Waals surface area contributed by atoms with Crippen molar-refractivity contribution in [3.05, 3.63) is 23.8 Å². The van der Waals surface area contributed by atoms with Crippen molar-refractivity contribution in [3.8, 4) is 0 Å². The predicted molar refractivity (Wildman–Crippen MR) is 57.1 cm³/mol. The zero-order chi connectivity index (χ0) is 11.0. The van der Waals surface area contributed by atoms with E-state index in [2.05, 4.69) is 20.3 Å². The standard InChI is InChI=1S/C11H11N3O2/c15-11(8-3-4-12-6-8)7-1-2-9-10(5-7)14-16-13-9/h1-2,5,8,12H,3-4,6H2. The number of rotatable bonds is 2. The van der Waals surface area contributed by atoms with Gasteiger partial charge in [0.15, 0.2) is 5.78 Å². The van der Waals surface area contributed by atoms with Gasteiger partial charge in [-0.25, -0.2) is 4.63 Å². The summed E-state index contributed by atoms with van der Waals surface area (Å²) in [5.74, 6) is 0.271. The molecule has 0 radical (unpaired) electrons. The molecule has 0 amide bonds. The van der Waals surface area contributed by atoms with E-state index < -0.39 is 0 Å². The zero-order valence-electron chi connectivity index (χ0n) is 8.64. The van der Waals surface area contributed by atoms with Gasteiger partial charge >= 0.3 is 0 Å². The summed E-state index contributed by atoms with van der Waals surface area (Å²) in [6.45, 7) is 1.69. The van der Waals surface area contributed by atoms with E-state index in [1.54, 1.807) is 18.2 Å². The first-order chi connectivity index (χ1) is 7.84. The maximum Gasteiger partial charge on any atom is 0.167 e. The Labute approximate surface area is 91.8 Å². The van der Waals surface area contributed by atoms with Gasteiger partial charge in [-0.2, -0.15) is 0 Å². The van der Waals surface area contributed by atoms with E-state index in [9.17, 15) is 4.79 Å². The minimum absolute atomic E-state index is 0.0947. The van der Waals surface area contributed by atoms with Gasteiger partial charge < -0.3 is 5.32 Å². The third-order valence-electron chi connectivity index (χ3n) is 2.97. The van der Waals surface area contributed by atoms with Gasteiger partial charge in [0.1, 0.15) is 11.0 Å². The molecule has 2 aromatic rings. The molecule has 0 saturated carbocycles. The number of ketones is 1. The van der Waals surface area contributed by atoms with Crippen LogP contribution in [-0.4, -0.2) is 29.2 Å². The topological polar surface area (TPSA) is 68.0 Å². The molecule has 1 atom stereocenters. The van der Waals surface area contributed by atoms with E-state index in [1.165, 1.54) is 0 Å². The molecule has 0 spiro atoms. The maximum absolute atomic E-state index is 12.1. The van der Waals surface area contributed by atoms with Gasteiger partial charge in [-0.3, -0.25) is 4.79 Å². The van der Waals surface area contributed by atoms with Gasteiger partial charge in [-0.1, -0.05) is 0 Å². The van der Waals surface area contributed by atoms with Gasteiger partial charge in [-0.15, -0.1) is 0 Å². The number of nitrogens with one attached hydrogen (secondary N) is 1. The molecule has 1 aliphatic heterocycles. The van der Waals surface area contributed by atoms with Crippen LogP contribution in [-0.2, 0) is 0 Å². The van der Waals surface area contributed by atoms with Crippen LogP contribution >= 0.6 is 0 Å². The summed E-state index contributed by atoms with van der Waals surface area (Å²) in [6, 6.07) is 5.29. The second-order valence-electron chi connectivity index (χ2n) is 4.02. The van der Waals surface area contributed by atoms with Crippen LogP contribution in [0.25, 0.3) is 11.0 Å². The molecule has 1 N–H and O–H groups in total. The Hall–Kier alpha value is -1.75. The van der Waals surface area contributed by atoms with Crippen molar-refractivity contribution in [2.45, 2.75) is 6.42 Å². The third kappa shape index (κ3) is 1.49. The number of hydrogen-bond donors (Lipinski definition) is 1. The fourth-order valence-electron chi connectivity index (χ4n) is 2.05. The number of nitrogens with zero attached hydrogens (tertiary/aromatic N) is 2. The summed E-state index contributed by atoms with van der Waals surface area (Å²) in [5.41, 5.74) is 2.01. The highest BCUT2D eigenvalue weighted by Crippen LogP contribution is 2.18. The van der Waals surface area contributed by atoms with Gasteiger partial charge in [0.25, 0.3) is 0 Å². The number of hydrogen-bond acceptors (Lipinski definition) is 5. The molecule has 82 valence electrons. The van der Waals surface area contributed by atoms with Crippen molar-refractivity contribution in [1.82, 2.24) is 15.6 Å². The summed E-state index contributed by atoms with van der Waals surface area (Å²) in [5, 5.41) is 10.6. The first kappa shape index (κ1) is 9.47. The Morgan fingerprint density at radius 3 is 3.06 bits per heavy atom. The lowest BCUT2D eigenvalue weighted by atomic mass is 9.97. The molecule has 1 unspecified atom stereocenters. The van der Waals surface area contributed by atoms with Gasteiger partial charge in [-0.05, 0) is 41.5 Å². The second kappa shape index (κ2) is 3.68. The molecule has 0 bridgehead atoms. The predicted octanol–water partition coefficient (Wildman–Crippen LogP) is 1.01. The van der Waals surface area contributed by atoms with Crippen LogP contribution < -0.4 is 5.32 Å². The summed E-state index contributed by atoms with van der Waals surface area (Å²) >= 11 is 0. The molecule has 3 rings (SSSR count). The molecule has 1 fully saturated rings. The first-order valence-corrected chi connectivity index (χ1v) is 5.32. The van der Waals surface area contributed by atoms with Crippen molar-refractivity contribution in [2.75, 3.05) is 13.1 Å². The molecule has 2 heterocycles. The molecule has 1 aromatic heterocycles. The average Bonchev–Trinajstić information content (AvgIpc) is 2.98. The molecule has 1 saturated heterocycles. The maximum atomic E-state index is 12.1. The highest BCUT2D eigenvalue weighted by Gasteiger charge is 2.23. The summed E-state index contributed by atoms with van der Waals surface area (Å²) in [7, 11) is 0. The lowest BCUT2D eigenvalue weighted by Crippen LogP contribution is -2.17. The molecule has 1 aromatic carbocycles. The van der Waals surface area contributed by atoms with E-state index in [1.807, 2.05) is 0 Å². The minimum atomic E-state index is 0.0947. The van der Waals surface area contributed by atoms with E-state index >= 15 is 0 Å². The molecule has 5 nitrogen and oxygen atoms in total. The average molecular weight is 217 g/mol. The van der Waals surface area contributed by atoms with Crippen LogP contribution in [0.5, 0.6) is 0 Å². The van der Waals surface area contributed by atoms with E-state index in [-0.39, 0.29) is 11.7 Å². The summed E-state index contributed by atoms with van der Waals surface area (Å²) in [6.07, 6.45) is 0.911. The molecular weight excluding hydrogens is 206 g/mol. The zero-order valence-corrected chi connectivity index (χ0v) is 8.64.